The number of nitrogens with one attached hydrogen (secondary N) is 1. The van der Waals surface area contributed by atoms with Gasteiger partial charge in [0.2, 0.25) is 0 Å². The first-order valence-corrected chi connectivity index (χ1v) is 9.99. The standard InChI is InChI=1S/C21H35N/c1-14-8-10-20(2)15(12-14)4-6-17-18-7-5-16(13-22)21(18,3)11-9-19(17)20/h13-19,22H,4-12H2,1-3H3. The van der Waals surface area contributed by atoms with Gasteiger partial charge in [0, 0.05) is 0 Å². The molecule has 22 heavy (non-hydrogen) atoms. The van der Waals surface area contributed by atoms with Crippen molar-refractivity contribution in [1.82, 2.24) is 0 Å². The van der Waals surface area contributed by atoms with Crippen molar-refractivity contribution in [2.24, 2.45) is 46.3 Å². The summed E-state index contributed by atoms with van der Waals surface area (Å²) in [6.45, 7) is 7.69. The van der Waals surface area contributed by atoms with Gasteiger partial charge in [0.15, 0.2) is 0 Å². The van der Waals surface area contributed by atoms with Crippen LogP contribution in [0.25, 0.3) is 0 Å². The fourth-order valence-corrected chi connectivity index (χ4v) is 7.79. The summed E-state index contributed by atoms with van der Waals surface area (Å²) >= 11 is 0. The predicted molar refractivity (Wildman–Crippen MR) is 93.2 cm³/mol. The van der Waals surface area contributed by atoms with Crippen LogP contribution in [-0.2, 0) is 0 Å². The summed E-state index contributed by atoms with van der Waals surface area (Å²) in [5.74, 6) is 5.48. The molecule has 1 nitrogen and oxygen atoms in total. The van der Waals surface area contributed by atoms with E-state index in [1.54, 1.807) is 6.21 Å². The average molecular weight is 302 g/mol. The smallest absolute Gasteiger partial charge is 0.000816 e. The predicted octanol–water partition coefficient (Wildman–Crippen LogP) is 5.93. The highest BCUT2D eigenvalue weighted by Gasteiger charge is 2.59. The quantitative estimate of drug-likeness (QED) is 0.580. The first kappa shape index (κ1) is 15.2. The van der Waals surface area contributed by atoms with Gasteiger partial charge in [-0.25, -0.2) is 0 Å². The Kier molecular flexibility index (Phi) is 3.51. The Morgan fingerprint density at radius 3 is 2.36 bits per heavy atom. The number of rotatable bonds is 1. The lowest BCUT2D eigenvalue weighted by atomic mass is 9.44. The molecule has 0 amide bonds. The Morgan fingerprint density at radius 1 is 0.864 bits per heavy atom. The summed E-state index contributed by atoms with van der Waals surface area (Å²) < 4.78 is 0. The zero-order chi connectivity index (χ0) is 15.5. The van der Waals surface area contributed by atoms with Gasteiger partial charge in [-0.1, -0.05) is 27.2 Å². The molecule has 1 N–H and O–H groups in total. The second-order valence-electron chi connectivity index (χ2n) is 9.93. The van der Waals surface area contributed by atoms with Gasteiger partial charge in [0.25, 0.3) is 0 Å². The average Bonchev–Trinajstić information content (AvgIpc) is 2.84. The lowest BCUT2D eigenvalue weighted by Gasteiger charge is -2.61. The second kappa shape index (κ2) is 5.08. The van der Waals surface area contributed by atoms with E-state index in [1.165, 1.54) is 57.8 Å². The Balaban J connectivity index is 1.62. The second-order valence-corrected chi connectivity index (χ2v) is 9.93. The van der Waals surface area contributed by atoms with Crippen molar-refractivity contribution in [1.29, 1.82) is 5.41 Å². The minimum Gasteiger partial charge on any atom is -0.313 e. The molecule has 1 heteroatoms. The van der Waals surface area contributed by atoms with Gasteiger partial charge in [-0.05, 0) is 104 Å². The molecule has 0 aliphatic heterocycles. The van der Waals surface area contributed by atoms with Crippen molar-refractivity contribution in [3.63, 3.8) is 0 Å². The molecule has 0 saturated heterocycles. The molecule has 0 heterocycles. The fraction of sp³-hybridized carbons (Fsp3) is 0.952. The third-order valence-electron chi connectivity index (χ3n) is 9.20. The van der Waals surface area contributed by atoms with E-state index in [4.69, 9.17) is 5.41 Å². The van der Waals surface area contributed by atoms with E-state index in [-0.39, 0.29) is 0 Å². The molecule has 4 fully saturated rings. The largest absolute Gasteiger partial charge is 0.313 e. The zero-order valence-corrected chi connectivity index (χ0v) is 14.9. The van der Waals surface area contributed by atoms with E-state index < -0.39 is 0 Å². The van der Waals surface area contributed by atoms with Crippen LogP contribution in [0, 0.1) is 51.7 Å². The van der Waals surface area contributed by atoms with E-state index in [0.717, 1.165) is 29.6 Å². The molecular formula is C21H35N. The van der Waals surface area contributed by atoms with Crippen LogP contribution in [-0.4, -0.2) is 6.21 Å². The lowest BCUT2D eigenvalue weighted by Crippen LogP contribution is -2.53. The van der Waals surface area contributed by atoms with Gasteiger partial charge in [-0.2, -0.15) is 0 Å². The molecular weight excluding hydrogens is 266 g/mol. The van der Waals surface area contributed by atoms with Crippen molar-refractivity contribution in [3.8, 4) is 0 Å². The number of hydrogen-bond donors (Lipinski definition) is 1. The molecule has 4 aliphatic rings. The molecule has 0 radical (unpaired) electrons. The van der Waals surface area contributed by atoms with E-state index >= 15 is 0 Å². The maximum absolute atomic E-state index is 7.86. The van der Waals surface area contributed by atoms with Crippen molar-refractivity contribution in [3.05, 3.63) is 0 Å². The molecule has 4 saturated carbocycles. The molecule has 8 unspecified atom stereocenters. The van der Waals surface area contributed by atoms with Gasteiger partial charge in [0.1, 0.15) is 0 Å². The number of hydrogen-bond acceptors (Lipinski definition) is 1. The molecule has 4 aliphatic carbocycles. The van der Waals surface area contributed by atoms with Gasteiger partial charge >= 0.3 is 0 Å². The maximum atomic E-state index is 7.86. The van der Waals surface area contributed by atoms with Crippen LogP contribution in [0.2, 0.25) is 0 Å². The summed E-state index contributed by atoms with van der Waals surface area (Å²) in [5.41, 5.74) is 1.12. The van der Waals surface area contributed by atoms with E-state index in [0.29, 0.717) is 16.7 Å². The molecule has 0 aromatic rings. The van der Waals surface area contributed by atoms with Crippen molar-refractivity contribution in [2.45, 2.75) is 78.6 Å². The van der Waals surface area contributed by atoms with Crippen LogP contribution >= 0.6 is 0 Å². The van der Waals surface area contributed by atoms with Crippen LogP contribution in [0.1, 0.15) is 78.6 Å². The van der Waals surface area contributed by atoms with Crippen molar-refractivity contribution in [2.75, 3.05) is 0 Å². The summed E-state index contributed by atoms with van der Waals surface area (Å²) in [4.78, 5) is 0. The van der Waals surface area contributed by atoms with E-state index in [1.807, 2.05) is 0 Å². The Morgan fingerprint density at radius 2 is 1.59 bits per heavy atom. The van der Waals surface area contributed by atoms with Crippen molar-refractivity contribution < 1.29 is 0 Å². The Bertz CT molecular complexity index is 457. The highest BCUT2D eigenvalue weighted by atomic mass is 14.6. The zero-order valence-electron chi connectivity index (χ0n) is 14.9. The van der Waals surface area contributed by atoms with Gasteiger partial charge in [0.05, 0.1) is 0 Å². The molecule has 8 atom stereocenters. The minimum atomic E-state index is 0.466. The molecule has 0 bridgehead atoms. The first-order valence-electron chi connectivity index (χ1n) is 9.99. The van der Waals surface area contributed by atoms with Crippen LogP contribution in [0.5, 0.6) is 0 Å². The monoisotopic (exact) mass is 301 g/mol. The SMILES string of the molecule is CC1CCC2(C)C(CCC3C4CCC(C=N)C4(C)CCC32)C1. The summed E-state index contributed by atoms with van der Waals surface area (Å²) in [5, 5.41) is 7.86. The first-order chi connectivity index (χ1) is 10.5. The Labute approximate surface area is 137 Å². The van der Waals surface area contributed by atoms with Crippen LogP contribution in [0.4, 0.5) is 0 Å². The maximum Gasteiger partial charge on any atom is -0.000816 e. The third-order valence-corrected chi connectivity index (χ3v) is 9.20. The molecule has 4 rings (SSSR count). The molecule has 124 valence electrons. The van der Waals surface area contributed by atoms with Gasteiger partial charge in [-0.3, -0.25) is 0 Å². The lowest BCUT2D eigenvalue weighted by molar-refractivity contribution is -0.113. The van der Waals surface area contributed by atoms with Crippen LogP contribution in [0.3, 0.4) is 0 Å². The molecule has 0 spiro atoms. The van der Waals surface area contributed by atoms with Gasteiger partial charge in [-0.15, -0.1) is 0 Å². The van der Waals surface area contributed by atoms with Crippen LogP contribution in [0.15, 0.2) is 0 Å². The van der Waals surface area contributed by atoms with Crippen molar-refractivity contribution >= 4 is 6.21 Å². The summed E-state index contributed by atoms with van der Waals surface area (Å²) in [7, 11) is 0. The minimum absolute atomic E-state index is 0.466. The molecule has 0 aromatic heterocycles. The Hall–Kier alpha value is -0.330. The van der Waals surface area contributed by atoms with Gasteiger partial charge < -0.3 is 5.41 Å². The number of fused-ring (bicyclic) bond motifs is 5. The van der Waals surface area contributed by atoms with E-state index in [2.05, 4.69) is 20.8 Å². The van der Waals surface area contributed by atoms with E-state index in [9.17, 15) is 0 Å². The summed E-state index contributed by atoms with van der Waals surface area (Å²) in [6.07, 6.45) is 14.9. The topological polar surface area (TPSA) is 23.9 Å². The third kappa shape index (κ3) is 1.93. The molecule has 0 aromatic carbocycles. The highest BCUT2D eigenvalue weighted by Crippen LogP contribution is 2.67. The normalized spacial score (nSPS) is 57.6. The highest BCUT2D eigenvalue weighted by molar-refractivity contribution is 5.59. The summed E-state index contributed by atoms with van der Waals surface area (Å²) in [6, 6.07) is 0. The van der Waals surface area contributed by atoms with Crippen LogP contribution < -0.4 is 0 Å². The fourth-order valence-electron chi connectivity index (χ4n) is 7.79.